The van der Waals surface area contributed by atoms with E-state index in [1.807, 2.05) is 0 Å². The van der Waals surface area contributed by atoms with Crippen LogP contribution < -0.4 is 4.90 Å². The third-order valence-electron chi connectivity index (χ3n) is 3.90. The van der Waals surface area contributed by atoms with Crippen LogP contribution in [0.15, 0.2) is 24.4 Å². The molecule has 2 aromatic rings. The van der Waals surface area contributed by atoms with Gasteiger partial charge in [-0.05, 0) is 19.1 Å². The number of benzene rings is 1. The third-order valence-corrected chi connectivity index (χ3v) is 3.90. The summed E-state index contributed by atoms with van der Waals surface area (Å²) in [6, 6.07) is 4.14. The average Bonchev–Trinajstić information content (AvgIpc) is 2.96. The van der Waals surface area contributed by atoms with Gasteiger partial charge in [0.05, 0.1) is 17.4 Å². The highest BCUT2D eigenvalue weighted by atomic mass is 19.2. The molecule has 116 valence electrons. The molecule has 0 unspecified atom stereocenters. The lowest BCUT2D eigenvalue weighted by molar-refractivity contribution is 0.0746. The zero-order valence-electron chi connectivity index (χ0n) is 12.1. The number of halogens is 2. The van der Waals surface area contributed by atoms with Crippen LogP contribution in [0, 0.1) is 18.6 Å². The number of carbonyl (C=O) groups is 1. The minimum Gasteiger partial charge on any atom is -0.366 e. The van der Waals surface area contributed by atoms with E-state index in [0.717, 1.165) is 11.8 Å². The first-order valence-electron chi connectivity index (χ1n) is 7.06. The third kappa shape index (κ3) is 2.54. The summed E-state index contributed by atoms with van der Waals surface area (Å²) in [5, 5.41) is 6.59. The van der Waals surface area contributed by atoms with Crippen LogP contribution >= 0.6 is 0 Å². The fraction of sp³-hybridized carbons (Fsp3) is 0.333. The van der Waals surface area contributed by atoms with E-state index < -0.39 is 11.6 Å². The number of hydrogen-bond acceptors (Lipinski definition) is 3. The number of hydrogen-bond donors (Lipinski definition) is 1. The van der Waals surface area contributed by atoms with Gasteiger partial charge >= 0.3 is 0 Å². The maximum Gasteiger partial charge on any atom is 0.257 e. The summed E-state index contributed by atoms with van der Waals surface area (Å²) in [4.78, 5) is 15.8. The SMILES string of the molecule is Cc1[nH]ncc1C(=O)N1CCN(c2cccc(F)c2F)CC1. The van der Waals surface area contributed by atoms with Crippen LogP contribution in [0.1, 0.15) is 16.1 Å². The Labute approximate surface area is 126 Å². The Kier molecular flexibility index (Phi) is 3.79. The average molecular weight is 306 g/mol. The van der Waals surface area contributed by atoms with Crippen molar-refractivity contribution in [1.82, 2.24) is 15.1 Å². The molecule has 1 aliphatic rings. The molecule has 22 heavy (non-hydrogen) atoms. The normalized spacial score (nSPS) is 15.2. The van der Waals surface area contributed by atoms with Gasteiger partial charge in [0, 0.05) is 31.9 Å². The Morgan fingerprint density at radius 2 is 1.95 bits per heavy atom. The summed E-state index contributed by atoms with van der Waals surface area (Å²) in [7, 11) is 0. The van der Waals surface area contributed by atoms with E-state index in [0.29, 0.717) is 31.7 Å². The van der Waals surface area contributed by atoms with E-state index in [1.165, 1.54) is 12.3 Å². The predicted molar refractivity (Wildman–Crippen MR) is 77.8 cm³/mol. The predicted octanol–water partition coefficient (Wildman–Crippen LogP) is 1.96. The second-order valence-corrected chi connectivity index (χ2v) is 5.26. The van der Waals surface area contributed by atoms with Crippen LogP contribution in [0.3, 0.4) is 0 Å². The number of carbonyl (C=O) groups excluding carboxylic acids is 1. The maximum absolute atomic E-state index is 13.8. The Hall–Kier alpha value is -2.44. The number of anilines is 1. The Balaban J connectivity index is 1.69. The summed E-state index contributed by atoms with van der Waals surface area (Å²) < 4.78 is 27.1. The van der Waals surface area contributed by atoms with Crippen LogP contribution in [0.25, 0.3) is 0 Å². The summed E-state index contributed by atoms with van der Waals surface area (Å²) in [6.45, 7) is 3.63. The van der Waals surface area contributed by atoms with Crippen LogP contribution in [0.4, 0.5) is 14.5 Å². The molecule has 1 fully saturated rings. The van der Waals surface area contributed by atoms with Gasteiger partial charge in [-0.15, -0.1) is 0 Å². The molecule has 0 saturated carbocycles. The van der Waals surface area contributed by atoms with Crippen molar-refractivity contribution in [3.63, 3.8) is 0 Å². The molecule has 1 aliphatic heterocycles. The topological polar surface area (TPSA) is 52.2 Å². The molecular formula is C15H16F2N4O. The molecule has 0 radical (unpaired) electrons. The summed E-state index contributed by atoms with van der Waals surface area (Å²) in [6.07, 6.45) is 1.51. The van der Waals surface area contributed by atoms with Crippen LogP contribution in [-0.2, 0) is 0 Å². The minimum absolute atomic E-state index is 0.0920. The zero-order chi connectivity index (χ0) is 15.7. The first-order valence-corrected chi connectivity index (χ1v) is 7.06. The lowest BCUT2D eigenvalue weighted by Crippen LogP contribution is -2.49. The van der Waals surface area contributed by atoms with E-state index in [2.05, 4.69) is 10.2 Å². The maximum atomic E-state index is 13.8. The number of nitrogens with zero attached hydrogens (tertiary/aromatic N) is 3. The summed E-state index contributed by atoms with van der Waals surface area (Å²) >= 11 is 0. The smallest absolute Gasteiger partial charge is 0.257 e. The van der Waals surface area contributed by atoms with Gasteiger partial charge in [0.15, 0.2) is 11.6 Å². The van der Waals surface area contributed by atoms with E-state index >= 15 is 0 Å². The van der Waals surface area contributed by atoms with Crippen molar-refractivity contribution < 1.29 is 13.6 Å². The quantitative estimate of drug-likeness (QED) is 0.923. The van der Waals surface area contributed by atoms with E-state index in [9.17, 15) is 13.6 Å². The molecule has 1 N–H and O–H groups in total. The van der Waals surface area contributed by atoms with Crippen molar-refractivity contribution in [2.24, 2.45) is 0 Å². The molecule has 7 heteroatoms. The molecule has 1 aromatic carbocycles. The number of nitrogens with one attached hydrogen (secondary N) is 1. The number of rotatable bonds is 2. The second-order valence-electron chi connectivity index (χ2n) is 5.26. The zero-order valence-corrected chi connectivity index (χ0v) is 12.1. The number of H-pyrrole nitrogens is 1. The lowest BCUT2D eigenvalue weighted by Gasteiger charge is -2.36. The standard InChI is InChI=1S/C15H16F2N4O/c1-10-11(9-18-19-10)15(22)21-7-5-20(6-8-21)13-4-2-3-12(16)14(13)17/h2-4,9H,5-8H2,1H3,(H,18,19). The van der Waals surface area contributed by atoms with Crippen molar-refractivity contribution in [2.45, 2.75) is 6.92 Å². The molecule has 5 nitrogen and oxygen atoms in total. The largest absolute Gasteiger partial charge is 0.366 e. The number of piperazine rings is 1. The number of aromatic amines is 1. The van der Waals surface area contributed by atoms with E-state index in [4.69, 9.17) is 0 Å². The molecule has 1 amide bonds. The first kappa shape index (κ1) is 14.5. The highest BCUT2D eigenvalue weighted by molar-refractivity contribution is 5.95. The molecule has 0 bridgehead atoms. The number of aryl methyl sites for hydroxylation is 1. The van der Waals surface area contributed by atoms with E-state index in [1.54, 1.807) is 22.8 Å². The molecule has 1 saturated heterocycles. The molecular weight excluding hydrogens is 290 g/mol. The summed E-state index contributed by atoms with van der Waals surface area (Å²) in [5.41, 5.74) is 1.51. The molecule has 1 aromatic heterocycles. The van der Waals surface area contributed by atoms with Gasteiger partial charge in [-0.3, -0.25) is 9.89 Å². The number of aromatic nitrogens is 2. The monoisotopic (exact) mass is 306 g/mol. The van der Waals surface area contributed by atoms with Crippen molar-refractivity contribution in [1.29, 1.82) is 0 Å². The number of amides is 1. The highest BCUT2D eigenvalue weighted by Crippen LogP contribution is 2.23. The molecule has 0 aliphatic carbocycles. The van der Waals surface area contributed by atoms with Gasteiger partial charge in [-0.1, -0.05) is 6.07 Å². The van der Waals surface area contributed by atoms with Gasteiger partial charge in [0.2, 0.25) is 0 Å². The van der Waals surface area contributed by atoms with Gasteiger partial charge in [0.25, 0.3) is 5.91 Å². The molecule has 2 heterocycles. The van der Waals surface area contributed by atoms with Gasteiger partial charge in [-0.25, -0.2) is 8.78 Å². The Morgan fingerprint density at radius 1 is 1.23 bits per heavy atom. The van der Waals surface area contributed by atoms with Crippen molar-refractivity contribution >= 4 is 11.6 Å². The minimum atomic E-state index is -0.856. The van der Waals surface area contributed by atoms with Crippen LogP contribution in [0.2, 0.25) is 0 Å². The molecule has 0 spiro atoms. The fourth-order valence-corrected chi connectivity index (χ4v) is 2.62. The second kappa shape index (κ2) is 5.75. The van der Waals surface area contributed by atoms with Gasteiger partial charge < -0.3 is 9.80 Å². The van der Waals surface area contributed by atoms with Crippen LogP contribution in [-0.4, -0.2) is 47.2 Å². The highest BCUT2D eigenvalue weighted by Gasteiger charge is 2.25. The van der Waals surface area contributed by atoms with Crippen molar-refractivity contribution in [3.8, 4) is 0 Å². The first-order chi connectivity index (χ1) is 10.6. The van der Waals surface area contributed by atoms with E-state index in [-0.39, 0.29) is 11.6 Å². The lowest BCUT2D eigenvalue weighted by atomic mass is 10.2. The van der Waals surface area contributed by atoms with Gasteiger partial charge in [0.1, 0.15) is 0 Å². The Morgan fingerprint density at radius 3 is 2.59 bits per heavy atom. The summed E-state index contributed by atoms with van der Waals surface area (Å²) in [5.74, 6) is -1.79. The van der Waals surface area contributed by atoms with Crippen LogP contribution in [0.5, 0.6) is 0 Å². The molecule has 3 rings (SSSR count). The van der Waals surface area contributed by atoms with Crippen molar-refractivity contribution in [3.05, 3.63) is 47.3 Å². The van der Waals surface area contributed by atoms with Crippen molar-refractivity contribution in [2.75, 3.05) is 31.1 Å². The van der Waals surface area contributed by atoms with Gasteiger partial charge in [-0.2, -0.15) is 5.10 Å². The molecule has 0 atom stereocenters. The fourth-order valence-electron chi connectivity index (χ4n) is 2.62. The Bertz CT molecular complexity index is 693.